The lowest BCUT2D eigenvalue weighted by Crippen LogP contribution is -2.50. The van der Waals surface area contributed by atoms with E-state index in [4.69, 9.17) is 16.3 Å². The van der Waals surface area contributed by atoms with Gasteiger partial charge in [-0.05, 0) is 33.8 Å². The van der Waals surface area contributed by atoms with Crippen LogP contribution in [0.25, 0.3) is 0 Å². The summed E-state index contributed by atoms with van der Waals surface area (Å²) < 4.78 is 43.1. The minimum absolute atomic E-state index is 0.0625. The molecule has 0 aromatic carbocycles. The predicted octanol–water partition coefficient (Wildman–Crippen LogP) is 3.20. The Morgan fingerprint density at radius 1 is 1.31 bits per heavy atom. The normalized spacial score (nSPS) is 12.2. The number of aromatic nitrogens is 1. The zero-order valence-corrected chi connectivity index (χ0v) is 17.3. The van der Waals surface area contributed by atoms with E-state index in [0.717, 1.165) is 17.2 Å². The average molecular weight is 438 g/mol. The van der Waals surface area contributed by atoms with Gasteiger partial charge in [0.2, 0.25) is 0 Å². The monoisotopic (exact) mass is 437 g/mol. The molecule has 8 nitrogen and oxygen atoms in total. The predicted molar refractivity (Wildman–Crippen MR) is 102 cm³/mol. The van der Waals surface area contributed by atoms with E-state index in [1.807, 2.05) is 0 Å². The minimum atomic E-state index is -4.59. The molecule has 0 saturated carbocycles. The Bertz CT molecular complexity index is 779. The van der Waals surface area contributed by atoms with Crippen molar-refractivity contribution in [2.45, 2.75) is 39.4 Å². The summed E-state index contributed by atoms with van der Waals surface area (Å²) in [7, 11) is 1.39. The molecular weight excluding hydrogens is 415 g/mol. The SMILES string of the molecule is CCOC(=O)C=C(NC(=O)NC(C)(C)C)NN(C)c1ncc(C(F)(F)F)cc1Cl. The average Bonchev–Trinajstić information content (AvgIpc) is 2.51. The van der Waals surface area contributed by atoms with Crippen molar-refractivity contribution in [2.24, 2.45) is 0 Å². The van der Waals surface area contributed by atoms with Gasteiger partial charge in [0, 0.05) is 18.8 Å². The molecule has 0 aliphatic heterocycles. The number of nitrogens with zero attached hydrogens (tertiary/aromatic N) is 2. The van der Waals surface area contributed by atoms with E-state index in [1.54, 1.807) is 27.7 Å². The molecule has 0 saturated heterocycles. The van der Waals surface area contributed by atoms with Gasteiger partial charge >= 0.3 is 18.2 Å². The number of urea groups is 1. The third kappa shape index (κ3) is 8.46. The molecule has 0 fully saturated rings. The lowest BCUT2D eigenvalue weighted by molar-refractivity contribution is -0.138. The second-order valence-corrected chi connectivity index (χ2v) is 7.24. The molecule has 3 N–H and O–H groups in total. The highest BCUT2D eigenvalue weighted by Gasteiger charge is 2.32. The number of pyridine rings is 1. The van der Waals surface area contributed by atoms with Crippen molar-refractivity contribution in [3.63, 3.8) is 0 Å². The van der Waals surface area contributed by atoms with Gasteiger partial charge in [0.15, 0.2) is 5.82 Å². The molecule has 1 heterocycles. The summed E-state index contributed by atoms with van der Waals surface area (Å²) in [5.41, 5.74) is 1.07. The molecule has 1 rings (SSSR count). The van der Waals surface area contributed by atoms with Crippen LogP contribution in [0.5, 0.6) is 0 Å². The molecule has 0 aliphatic rings. The number of carbonyl (C=O) groups excluding carboxylic acids is 2. The number of alkyl halides is 3. The minimum Gasteiger partial charge on any atom is -0.463 e. The maximum Gasteiger partial charge on any atom is 0.417 e. The van der Waals surface area contributed by atoms with Crippen LogP contribution < -0.4 is 21.1 Å². The number of esters is 1. The summed E-state index contributed by atoms with van der Waals surface area (Å²) in [6.07, 6.45) is -3.00. The van der Waals surface area contributed by atoms with Crippen LogP contribution >= 0.6 is 11.6 Å². The van der Waals surface area contributed by atoms with Crippen LogP contribution in [-0.2, 0) is 15.7 Å². The van der Waals surface area contributed by atoms with Crippen LogP contribution in [0.3, 0.4) is 0 Å². The van der Waals surface area contributed by atoms with E-state index in [-0.39, 0.29) is 23.3 Å². The first-order valence-electron chi connectivity index (χ1n) is 8.43. The molecule has 29 heavy (non-hydrogen) atoms. The Balaban J connectivity index is 3.06. The number of anilines is 1. The zero-order chi connectivity index (χ0) is 22.4. The van der Waals surface area contributed by atoms with Crippen LogP contribution in [0.4, 0.5) is 23.8 Å². The summed E-state index contributed by atoms with van der Waals surface area (Å²) in [6, 6.07) is 0.0942. The highest BCUT2D eigenvalue weighted by atomic mass is 35.5. The fraction of sp³-hybridized carbons (Fsp3) is 0.471. The molecule has 1 aromatic rings. The lowest BCUT2D eigenvalue weighted by atomic mass is 10.1. The maximum atomic E-state index is 12.8. The second-order valence-electron chi connectivity index (χ2n) is 6.84. The van der Waals surface area contributed by atoms with Crippen molar-refractivity contribution >= 4 is 29.4 Å². The van der Waals surface area contributed by atoms with Gasteiger partial charge in [-0.2, -0.15) is 13.2 Å². The molecule has 0 radical (unpaired) electrons. The number of carbonyl (C=O) groups is 2. The number of hydrogen-bond acceptors (Lipinski definition) is 6. The van der Waals surface area contributed by atoms with E-state index in [1.165, 1.54) is 7.05 Å². The van der Waals surface area contributed by atoms with Gasteiger partial charge in [0.05, 0.1) is 23.3 Å². The third-order valence-corrected chi connectivity index (χ3v) is 3.32. The number of hydrogen-bond donors (Lipinski definition) is 3. The van der Waals surface area contributed by atoms with Crippen molar-refractivity contribution in [3.8, 4) is 0 Å². The molecule has 12 heteroatoms. The Labute approximate surface area is 171 Å². The number of amides is 2. The number of ether oxygens (including phenoxy) is 1. The molecule has 0 aliphatic carbocycles. The molecule has 162 valence electrons. The molecule has 2 amide bonds. The van der Waals surface area contributed by atoms with Crippen LogP contribution in [0.15, 0.2) is 24.2 Å². The summed E-state index contributed by atoms with van der Waals surface area (Å²) in [6.45, 7) is 6.99. The maximum absolute atomic E-state index is 12.8. The largest absolute Gasteiger partial charge is 0.463 e. The fourth-order valence-electron chi connectivity index (χ4n) is 1.96. The highest BCUT2D eigenvalue weighted by Crippen LogP contribution is 2.32. The highest BCUT2D eigenvalue weighted by molar-refractivity contribution is 6.33. The van der Waals surface area contributed by atoms with Crippen molar-refractivity contribution < 1.29 is 27.5 Å². The Kier molecular flexibility index (Phi) is 8.13. The molecule has 0 atom stereocenters. The number of rotatable bonds is 6. The first-order chi connectivity index (χ1) is 13.2. The fourth-order valence-corrected chi connectivity index (χ4v) is 2.25. The Morgan fingerprint density at radius 2 is 1.93 bits per heavy atom. The van der Waals surface area contributed by atoms with Crippen LogP contribution in [0.2, 0.25) is 5.02 Å². The van der Waals surface area contributed by atoms with Crippen molar-refractivity contribution in [3.05, 3.63) is 34.7 Å². The molecule has 0 bridgehead atoms. The van der Waals surface area contributed by atoms with Crippen molar-refractivity contribution in [1.29, 1.82) is 0 Å². The first-order valence-corrected chi connectivity index (χ1v) is 8.81. The van der Waals surface area contributed by atoms with Crippen molar-refractivity contribution in [2.75, 3.05) is 18.7 Å². The van der Waals surface area contributed by atoms with Gasteiger partial charge in [-0.1, -0.05) is 11.6 Å². The van der Waals surface area contributed by atoms with E-state index in [0.29, 0.717) is 6.20 Å². The summed E-state index contributed by atoms with van der Waals surface area (Å²) in [5, 5.41) is 5.92. The summed E-state index contributed by atoms with van der Waals surface area (Å²) in [4.78, 5) is 27.6. The van der Waals surface area contributed by atoms with E-state index < -0.39 is 29.3 Å². The summed E-state index contributed by atoms with van der Waals surface area (Å²) >= 11 is 5.91. The Morgan fingerprint density at radius 3 is 2.41 bits per heavy atom. The first kappa shape index (κ1) is 24.3. The number of nitrogens with one attached hydrogen (secondary N) is 3. The van der Waals surface area contributed by atoms with E-state index in [9.17, 15) is 22.8 Å². The molecular formula is C17H23ClF3N5O3. The van der Waals surface area contributed by atoms with Gasteiger partial charge in [-0.3, -0.25) is 15.8 Å². The van der Waals surface area contributed by atoms with Crippen LogP contribution in [0.1, 0.15) is 33.3 Å². The standard InChI is InChI=1S/C17H23ClF3N5O3/c1-6-29-13(27)8-12(23-15(28)24-16(2,3)4)25-26(5)14-11(18)7-10(9-22-14)17(19,20)21/h7-9,25H,6H2,1-5H3,(H2,23,24,28). The van der Waals surface area contributed by atoms with Gasteiger partial charge < -0.3 is 10.1 Å². The second kappa shape index (κ2) is 9.68. The smallest absolute Gasteiger partial charge is 0.417 e. The topological polar surface area (TPSA) is 95.6 Å². The molecule has 0 spiro atoms. The van der Waals surface area contributed by atoms with Crippen molar-refractivity contribution in [1.82, 2.24) is 21.0 Å². The third-order valence-electron chi connectivity index (χ3n) is 3.04. The molecule has 0 unspecified atom stereocenters. The van der Waals surface area contributed by atoms with E-state index in [2.05, 4.69) is 21.0 Å². The molecule has 1 aromatic heterocycles. The van der Waals surface area contributed by atoms with Crippen LogP contribution in [0, 0.1) is 0 Å². The number of hydrazine groups is 1. The Hall–Kier alpha value is -2.69. The van der Waals surface area contributed by atoms with E-state index >= 15 is 0 Å². The zero-order valence-electron chi connectivity index (χ0n) is 16.6. The lowest BCUT2D eigenvalue weighted by Gasteiger charge is -2.25. The number of halogens is 4. The quantitative estimate of drug-likeness (QED) is 0.359. The summed E-state index contributed by atoms with van der Waals surface area (Å²) in [5.74, 6) is -0.913. The van der Waals surface area contributed by atoms with Gasteiger partial charge in [-0.15, -0.1) is 0 Å². The van der Waals surface area contributed by atoms with Crippen LogP contribution in [-0.4, -0.2) is 36.2 Å². The van der Waals surface area contributed by atoms with Gasteiger partial charge in [-0.25, -0.2) is 14.6 Å². The van der Waals surface area contributed by atoms with Gasteiger partial charge in [0.25, 0.3) is 0 Å². The van der Waals surface area contributed by atoms with Gasteiger partial charge in [0.1, 0.15) is 5.82 Å².